The van der Waals surface area contributed by atoms with Gasteiger partial charge in [-0.25, -0.2) is 4.79 Å². The van der Waals surface area contributed by atoms with Gasteiger partial charge < -0.3 is 14.7 Å². The fourth-order valence-corrected chi connectivity index (χ4v) is 4.29. The van der Waals surface area contributed by atoms with E-state index in [1.165, 1.54) is 41.7 Å². The van der Waals surface area contributed by atoms with Crippen LogP contribution in [0, 0.1) is 5.92 Å². The number of hydrogen-bond acceptors (Lipinski definition) is 3. The van der Waals surface area contributed by atoms with Crippen LogP contribution in [-0.4, -0.2) is 42.1 Å². The Bertz CT molecular complexity index is 629. The second kappa shape index (κ2) is 7.89. The minimum atomic E-state index is -1.36. The van der Waals surface area contributed by atoms with Gasteiger partial charge in [0, 0.05) is 13.1 Å². The van der Waals surface area contributed by atoms with Crippen LogP contribution in [0.1, 0.15) is 55.6 Å². The van der Waals surface area contributed by atoms with Gasteiger partial charge in [-0.2, -0.15) is 0 Å². The van der Waals surface area contributed by atoms with Gasteiger partial charge in [-0.15, -0.1) is 0 Å². The summed E-state index contributed by atoms with van der Waals surface area (Å²) in [5.74, 6) is -0.0312. The summed E-state index contributed by atoms with van der Waals surface area (Å²) < 4.78 is 5.55. The number of rotatable bonds is 4. The molecular weight excluding hydrogens is 318 g/mol. The van der Waals surface area contributed by atoms with Gasteiger partial charge in [0.1, 0.15) is 5.75 Å². The van der Waals surface area contributed by atoms with Crippen molar-refractivity contribution in [3.05, 3.63) is 29.3 Å². The van der Waals surface area contributed by atoms with E-state index < -0.39 is 11.9 Å². The number of carbonyl (C=O) groups is 2. The molecule has 1 heterocycles. The first-order valence-corrected chi connectivity index (χ1v) is 9.27. The minimum absolute atomic E-state index is 0.381. The van der Waals surface area contributed by atoms with Crippen molar-refractivity contribution in [1.29, 1.82) is 0 Å². The number of carbonyl (C=O) groups excluding carboxylic acids is 1. The van der Waals surface area contributed by atoms with E-state index in [-0.39, 0.29) is 0 Å². The number of carboxylic acid groups (broad SMARTS) is 1. The summed E-state index contributed by atoms with van der Waals surface area (Å²) in [5.41, 5.74) is 2.58. The van der Waals surface area contributed by atoms with Crippen LogP contribution < -0.4 is 4.74 Å². The molecule has 1 aromatic carbocycles. The van der Waals surface area contributed by atoms with E-state index in [1.54, 1.807) is 7.11 Å². The first kappa shape index (κ1) is 17.8. The molecule has 0 radical (unpaired) electrons. The van der Waals surface area contributed by atoms with E-state index in [0.29, 0.717) is 19.0 Å². The van der Waals surface area contributed by atoms with Gasteiger partial charge in [0.05, 0.1) is 7.11 Å². The molecule has 1 amide bonds. The molecule has 5 heteroatoms. The lowest BCUT2D eigenvalue weighted by atomic mass is 9.87. The lowest BCUT2D eigenvalue weighted by Gasteiger charge is -2.31. The van der Waals surface area contributed by atoms with Crippen molar-refractivity contribution in [2.75, 3.05) is 20.2 Å². The fraction of sp³-hybridized carbons (Fsp3) is 0.600. The molecule has 136 valence electrons. The van der Waals surface area contributed by atoms with Crippen LogP contribution >= 0.6 is 0 Å². The highest BCUT2D eigenvalue weighted by Crippen LogP contribution is 2.35. The molecule has 0 unspecified atom stereocenters. The van der Waals surface area contributed by atoms with E-state index in [1.807, 2.05) is 0 Å². The Morgan fingerprint density at radius 2 is 1.84 bits per heavy atom. The fourth-order valence-electron chi connectivity index (χ4n) is 4.29. The van der Waals surface area contributed by atoms with Crippen molar-refractivity contribution >= 4 is 11.9 Å². The van der Waals surface area contributed by atoms with Crippen molar-refractivity contribution in [2.24, 2.45) is 5.92 Å². The molecule has 0 bridgehead atoms. The highest BCUT2D eigenvalue weighted by molar-refractivity contribution is 6.31. The zero-order chi connectivity index (χ0) is 17.8. The maximum Gasteiger partial charge on any atom is 0.394 e. The van der Waals surface area contributed by atoms with E-state index in [2.05, 4.69) is 18.2 Å². The molecular formula is C20H27NO4. The van der Waals surface area contributed by atoms with Gasteiger partial charge >= 0.3 is 11.9 Å². The number of ether oxygens (including phenoxy) is 1. The van der Waals surface area contributed by atoms with Gasteiger partial charge in [0.2, 0.25) is 0 Å². The highest BCUT2D eigenvalue weighted by atomic mass is 16.5. The zero-order valence-electron chi connectivity index (χ0n) is 14.9. The molecule has 1 saturated heterocycles. The summed E-state index contributed by atoms with van der Waals surface area (Å²) in [6.45, 7) is 1.03. The van der Waals surface area contributed by atoms with Gasteiger partial charge in [-0.05, 0) is 48.3 Å². The Hall–Kier alpha value is -2.04. The van der Waals surface area contributed by atoms with E-state index in [4.69, 9.17) is 9.84 Å². The number of amides is 1. The number of likely N-dealkylation sites (tertiary alicyclic amines) is 1. The summed E-state index contributed by atoms with van der Waals surface area (Å²) in [7, 11) is 1.73. The van der Waals surface area contributed by atoms with Gasteiger partial charge in [-0.1, -0.05) is 37.8 Å². The number of carboxylic acids is 1. The van der Waals surface area contributed by atoms with E-state index in [9.17, 15) is 9.59 Å². The van der Waals surface area contributed by atoms with Crippen molar-refractivity contribution in [2.45, 2.75) is 50.9 Å². The summed E-state index contributed by atoms with van der Waals surface area (Å²) in [6, 6.07) is 6.46. The topological polar surface area (TPSA) is 66.8 Å². The molecule has 1 saturated carbocycles. The monoisotopic (exact) mass is 345 g/mol. The molecule has 2 aliphatic rings. The minimum Gasteiger partial charge on any atom is -0.496 e. The third-order valence-corrected chi connectivity index (χ3v) is 5.72. The third kappa shape index (κ3) is 4.14. The average molecular weight is 345 g/mol. The third-order valence-electron chi connectivity index (χ3n) is 5.72. The number of piperidine rings is 1. The predicted molar refractivity (Wildman–Crippen MR) is 94.8 cm³/mol. The summed E-state index contributed by atoms with van der Waals surface area (Å²) in [6.07, 6.45) is 7.99. The molecule has 1 N–H and O–H groups in total. The van der Waals surface area contributed by atoms with Crippen LogP contribution in [-0.2, 0) is 16.0 Å². The molecule has 0 spiro atoms. The van der Waals surface area contributed by atoms with Crippen LogP contribution in [0.5, 0.6) is 5.75 Å². The highest BCUT2D eigenvalue weighted by Gasteiger charge is 2.28. The molecule has 0 atom stereocenters. The van der Waals surface area contributed by atoms with Crippen LogP contribution in [0.25, 0.3) is 0 Å². The Kier molecular flexibility index (Phi) is 5.61. The first-order valence-electron chi connectivity index (χ1n) is 9.27. The Labute approximate surface area is 149 Å². The normalized spacial score (nSPS) is 19.2. The first-order chi connectivity index (χ1) is 12.1. The van der Waals surface area contributed by atoms with Crippen LogP contribution in [0.4, 0.5) is 0 Å². The SMILES string of the molecule is COc1ccc(C2CCN(C(=O)C(=O)O)CC2)cc1CC1CCCC1. The number of hydrogen-bond donors (Lipinski definition) is 1. The van der Waals surface area contributed by atoms with Crippen LogP contribution in [0.15, 0.2) is 18.2 Å². The van der Waals surface area contributed by atoms with Gasteiger partial charge in [-0.3, -0.25) is 4.79 Å². The number of benzene rings is 1. The van der Waals surface area contributed by atoms with E-state index >= 15 is 0 Å². The Balaban J connectivity index is 1.68. The summed E-state index contributed by atoms with van der Waals surface area (Å²) in [4.78, 5) is 23.9. The number of aliphatic carboxylic acids is 1. The predicted octanol–water partition coefficient (Wildman–Crippen LogP) is 3.22. The lowest BCUT2D eigenvalue weighted by Crippen LogP contribution is -2.41. The molecule has 3 rings (SSSR count). The second-order valence-electron chi connectivity index (χ2n) is 7.30. The largest absolute Gasteiger partial charge is 0.496 e. The molecule has 5 nitrogen and oxygen atoms in total. The molecule has 1 aromatic rings. The molecule has 2 fully saturated rings. The van der Waals surface area contributed by atoms with Gasteiger partial charge in [0.25, 0.3) is 0 Å². The van der Waals surface area contributed by atoms with Crippen molar-refractivity contribution in [3.63, 3.8) is 0 Å². The maximum atomic E-state index is 11.6. The second-order valence-corrected chi connectivity index (χ2v) is 7.30. The number of nitrogens with zero attached hydrogens (tertiary/aromatic N) is 1. The quantitative estimate of drug-likeness (QED) is 0.851. The molecule has 0 aromatic heterocycles. The van der Waals surface area contributed by atoms with E-state index in [0.717, 1.165) is 30.9 Å². The summed E-state index contributed by atoms with van der Waals surface area (Å²) in [5, 5.41) is 8.84. The smallest absolute Gasteiger partial charge is 0.394 e. The van der Waals surface area contributed by atoms with Crippen LogP contribution in [0.3, 0.4) is 0 Å². The number of methoxy groups -OCH3 is 1. The standard InChI is InChI=1S/C20H27NO4/c1-25-18-7-6-16(13-17(18)12-14-4-2-3-5-14)15-8-10-21(11-9-15)19(22)20(23)24/h6-7,13-15H,2-5,8-12H2,1H3,(H,23,24). The molecule has 1 aliphatic heterocycles. The summed E-state index contributed by atoms with van der Waals surface area (Å²) >= 11 is 0. The average Bonchev–Trinajstić information content (AvgIpc) is 3.14. The van der Waals surface area contributed by atoms with Crippen molar-refractivity contribution < 1.29 is 19.4 Å². The van der Waals surface area contributed by atoms with Gasteiger partial charge in [0.15, 0.2) is 0 Å². The Morgan fingerprint density at radius 1 is 1.16 bits per heavy atom. The van der Waals surface area contributed by atoms with Crippen molar-refractivity contribution in [1.82, 2.24) is 4.90 Å². The lowest BCUT2D eigenvalue weighted by molar-refractivity contribution is -0.156. The molecule has 1 aliphatic carbocycles. The Morgan fingerprint density at radius 3 is 2.44 bits per heavy atom. The van der Waals surface area contributed by atoms with Crippen molar-refractivity contribution in [3.8, 4) is 5.75 Å². The molecule has 25 heavy (non-hydrogen) atoms. The van der Waals surface area contributed by atoms with Crippen LogP contribution in [0.2, 0.25) is 0 Å². The zero-order valence-corrected chi connectivity index (χ0v) is 14.9. The maximum absolute atomic E-state index is 11.6.